The third-order valence-corrected chi connectivity index (χ3v) is 9.43. The van der Waals surface area contributed by atoms with Crippen molar-refractivity contribution in [3.8, 4) is 0 Å². The Morgan fingerprint density at radius 3 is 2.17 bits per heavy atom. The number of rotatable bonds is 11. The van der Waals surface area contributed by atoms with E-state index in [1.807, 2.05) is 20.8 Å². The summed E-state index contributed by atoms with van der Waals surface area (Å²) in [5.41, 5.74) is 1.77. The zero-order valence-electron chi connectivity index (χ0n) is 22.7. The average molecular weight is 669 g/mol. The second kappa shape index (κ2) is 13.9. The van der Waals surface area contributed by atoms with E-state index in [9.17, 15) is 18.0 Å². The van der Waals surface area contributed by atoms with Crippen LogP contribution in [0.1, 0.15) is 38.3 Å². The lowest BCUT2D eigenvalue weighted by Gasteiger charge is -2.32. The number of nitrogens with zero attached hydrogens (tertiary/aromatic N) is 2. The summed E-state index contributed by atoms with van der Waals surface area (Å²) in [6.45, 7) is 6.72. The normalized spacial score (nSPS) is 12.9. The minimum atomic E-state index is -4.14. The van der Waals surface area contributed by atoms with Gasteiger partial charge in [-0.2, -0.15) is 0 Å². The van der Waals surface area contributed by atoms with Crippen LogP contribution in [0.2, 0.25) is 10.0 Å². The maximum Gasteiger partial charge on any atom is 0.264 e. The Morgan fingerprint density at radius 1 is 0.975 bits per heavy atom. The van der Waals surface area contributed by atoms with E-state index in [4.69, 9.17) is 23.2 Å². The van der Waals surface area contributed by atoms with Gasteiger partial charge in [0.2, 0.25) is 11.8 Å². The SMILES string of the molecule is CC[C@H](C)NC(=O)[C@@H](C)N(Cc1ccc(Cl)cc1Cl)C(=O)CN(c1ccc(Br)cc1)S(=O)(=O)c1ccc(C)cc1. The van der Waals surface area contributed by atoms with Crippen molar-refractivity contribution in [1.29, 1.82) is 0 Å². The molecule has 0 spiro atoms. The summed E-state index contributed by atoms with van der Waals surface area (Å²) in [7, 11) is -4.14. The summed E-state index contributed by atoms with van der Waals surface area (Å²) in [6.07, 6.45) is 0.710. The van der Waals surface area contributed by atoms with Crippen molar-refractivity contribution in [3.63, 3.8) is 0 Å². The molecule has 0 bridgehead atoms. The third-order valence-electron chi connectivity index (χ3n) is 6.53. The van der Waals surface area contributed by atoms with E-state index < -0.39 is 28.5 Å². The second-order valence-corrected chi connectivity index (χ2v) is 13.2. The summed E-state index contributed by atoms with van der Waals surface area (Å²) in [5.74, 6) is -0.930. The first-order chi connectivity index (χ1) is 18.8. The molecule has 3 aromatic carbocycles. The molecule has 0 saturated carbocycles. The fraction of sp³-hybridized carbons (Fsp3) is 0.310. The maximum atomic E-state index is 14.0. The largest absolute Gasteiger partial charge is 0.352 e. The number of carbonyl (C=O) groups is 2. The first-order valence-electron chi connectivity index (χ1n) is 12.7. The van der Waals surface area contributed by atoms with Crippen LogP contribution >= 0.6 is 39.1 Å². The average Bonchev–Trinajstić information content (AvgIpc) is 2.91. The van der Waals surface area contributed by atoms with Crippen molar-refractivity contribution >= 4 is 66.7 Å². The lowest BCUT2D eigenvalue weighted by Crippen LogP contribution is -2.52. The summed E-state index contributed by atoms with van der Waals surface area (Å²) >= 11 is 15.9. The number of aryl methyl sites for hydroxylation is 1. The third kappa shape index (κ3) is 8.00. The smallest absolute Gasteiger partial charge is 0.264 e. The van der Waals surface area contributed by atoms with Gasteiger partial charge in [-0.15, -0.1) is 0 Å². The van der Waals surface area contributed by atoms with Crippen LogP contribution in [0.5, 0.6) is 0 Å². The van der Waals surface area contributed by atoms with Crippen LogP contribution < -0.4 is 9.62 Å². The van der Waals surface area contributed by atoms with Crippen LogP contribution in [0.4, 0.5) is 5.69 Å². The van der Waals surface area contributed by atoms with Crippen molar-refractivity contribution in [2.75, 3.05) is 10.8 Å². The molecule has 11 heteroatoms. The fourth-order valence-corrected chi connectivity index (χ4v) is 6.00. The number of halogens is 3. The topological polar surface area (TPSA) is 86.8 Å². The van der Waals surface area contributed by atoms with Crippen LogP contribution in [0.15, 0.2) is 76.1 Å². The lowest BCUT2D eigenvalue weighted by molar-refractivity contribution is -0.139. The maximum absolute atomic E-state index is 14.0. The molecule has 0 radical (unpaired) electrons. The highest BCUT2D eigenvalue weighted by Gasteiger charge is 2.33. The monoisotopic (exact) mass is 667 g/mol. The first-order valence-corrected chi connectivity index (χ1v) is 15.7. The van der Waals surface area contributed by atoms with Crippen LogP contribution in [-0.4, -0.2) is 43.8 Å². The molecule has 214 valence electrons. The van der Waals surface area contributed by atoms with Gasteiger partial charge in [0.15, 0.2) is 0 Å². The molecule has 7 nitrogen and oxygen atoms in total. The molecule has 0 unspecified atom stereocenters. The van der Waals surface area contributed by atoms with Crippen molar-refractivity contribution < 1.29 is 18.0 Å². The fourth-order valence-electron chi connectivity index (χ4n) is 3.86. The molecule has 40 heavy (non-hydrogen) atoms. The van der Waals surface area contributed by atoms with Gasteiger partial charge in [-0.1, -0.05) is 69.8 Å². The Kier molecular flexibility index (Phi) is 11.1. The zero-order chi connectivity index (χ0) is 29.6. The van der Waals surface area contributed by atoms with E-state index in [0.717, 1.165) is 14.3 Å². The molecular weight excluding hydrogens is 637 g/mol. The number of sulfonamides is 1. The predicted octanol–water partition coefficient (Wildman–Crippen LogP) is 6.59. The molecule has 0 aliphatic heterocycles. The number of anilines is 1. The van der Waals surface area contributed by atoms with Crippen molar-refractivity contribution in [1.82, 2.24) is 10.2 Å². The van der Waals surface area contributed by atoms with E-state index in [1.54, 1.807) is 61.5 Å². The van der Waals surface area contributed by atoms with E-state index in [-0.39, 0.29) is 23.4 Å². The molecule has 0 fully saturated rings. The Bertz CT molecular complexity index is 1450. The minimum absolute atomic E-state index is 0.0251. The Hall–Kier alpha value is -2.59. The molecule has 0 aliphatic rings. The van der Waals surface area contributed by atoms with Gasteiger partial charge in [0.25, 0.3) is 10.0 Å². The predicted molar refractivity (Wildman–Crippen MR) is 164 cm³/mol. The molecule has 1 N–H and O–H groups in total. The summed E-state index contributed by atoms with van der Waals surface area (Å²) in [4.78, 5) is 28.5. The van der Waals surface area contributed by atoms with Gasteiger partial charge in [-0.05, 0) is 81.3 Å². The van der Waals surface area contributed by atoms with Gasteiger partial charge in [-0.25, -0.2) is 8.42 Å². The number of nitrogens with one attached hydrogen (secondary N) is 1. The van der Waals surface area contributed by atoms with Crippen LogP contribution in [0.3, 0.4) is 0 Å². The molecule has 2 atom stereocenters. The Morgan fingerprint density at radius 2 is 1.60 bits per heavy atom. The number of carbonyl (C=O) groups excluding carboxylic acids is 2. The van der Waals surface area contributed by atoms with Crippen molar-refractivity contribution in [2.24, 2.45) is 0 Å². The van der Waals surface area contributed by atoms with E-state index >= 15 is 0 Å². The quantitative estimate of drug-likeness (QED) is 0.250. The van der Waals surface area contributed by atoms with Crippen molar-refractivity contribution in [2.45, 2.75) is 57.6 Å². The minimum Gasteiger partial charge on any atom is -0.352 e. The van der Waals surface area contributed by atoms with Gasteiger partial charge in [0.1, 0.15) is 12.6 Å². The van der Waals surface area contributed by atoms with Gasteiger partial charge in [-0.3, -0.25) is 13.9 Å². The molecule has 0 saturated heterocycles. The van der Waals surface area contributed by atoms with E-state index in [1.165, 1.54) is 17.0 Å². The lowest BCUT2D eigenvalue weighted by atomic mass is 10.1. The highest BCUT2D eigenvalue weighted by molar-refractivity contribution is 9.10. The van der Waals surface area contributed by atoms with Gasteiger partial charge < -0.3 is 10.2 Å². The number of hydrogen-bond donors (Lipinski definition) is 1. The molecule has 0 aliphatic carbocycles. The Labute approximate surface area is 254 Å². The highest BCUT2D eigenvalue weighted by atomic mass is 79.9. The Balaban J connectivity index is 2.04. The molecule has 3 aromatic rings. The summed E-state index contributed by atoms with van der Waals surface area (Å²) < 4.78 is 29.5. The second-order valence-electron chi connectivity index (χ2n) is 9.55. The van der Waals surface area contributed by atoms with Crippen LogP contribution in [0, 0.1) is 6.92 Å². The standard InChI is InChI=1S/C29H32BrCl2N3O4S/c1-5-20(3)33-29(37)21(4)34(17-22-8-11-24(31)16-27(22)32)28(36)18-35(25-12-9-23(30)10-13-25)40(38,39)26-14-6-19(2)7-15-26/h6-16,20-21H,5,17-18H2,1-4H3,(H,33,37)/t20-,21+/m0/s1. The number of amides is 2. The number of benzene rings is 3. The van der Waals surface area contributed by atoms with E-state index in [0.29, 0.717) is 27.7 Å². The summed E-state index contributed by atoms with van der Waals surface area (Å²) in [5, 5.41) is 3.66. The van der Waals surface area contributed by atoms with Crippen molar-refractivity contribution in [3.05, 3.63) is 92.4 Å². The molecule has 0 aromatic heterocycles. The molecule has 0 heterocycles. The van der Waals surface area contributed by atoms with Gasteiger partial charge in [0, 0.05) is 27.1 Å². The highest BCUT2D eigenvalue weighted by Crippen LogP contribution is 2.27. The van der Waals surface area contributed by atoms with Gasteiger partial charge in [0.05, 0.1) is 10.6 Å². The van der Waals surface area contributed by atoms with Crippen LogP contribution in [0.25, 0.3) is 0 Å². The zero-order valence-corrected chi connectivity index (χ0v) is 26.6. The molecular formula is C29H32BrCl2N3O4S. The van der Waals surface area contributed by atoms with E-state index in [2.05, 4.69) is 21.2 Å². The summed E-state index contributed by atoms with van der Waals surface area (Å²) in [6, 6.07) is 16.9. The van der Waals surface area contributed by atoms with Crippen LogP contribution in [-0.2, 0) is 26.2 Å². The molecule has 3 rings (SSSR count). The van der Waals surface area contributed by atoms with Gasteiger partial charge >= 0.3 is 0 Å². The number of hydrogen-bond acceptors (Lipinski definition) is 4. The molecule has 2 amide bonds. The first kappa shape index (κ1) is 31.9.